The molecule has 0 bridgehead atoms. The Bertz CT molecular complexity index is 212. The lowest BCUT2D eigenvalue weighted by molar-refractivity contribution is -0.121. The molecule has 1 unspecified atom stereocenters. The quantitative estimate of drug-likeness (QED) is 0.559. The number of nitrogens with two attached hydrogens (primary N) is 1. The van der Waals surface area contributed by atoms with E-state index in [9.17, 15) is 4.79 Å². The Hall–Kier alpha value is -1.06. The number of amides is 1. The van der Waals surface area contributed by atoms with Crippen LogP contribution in [0.3, 0.4) is 0 Å². The first-order valence-electron chi connectivity index (χ1n) is 3.71. The Morgan fingerprint density at radius 3 is 2.91 bits per heavy atom. The van der Waals surface area contributed by atoms with Crippen molar-refractivity contribution in [1.82, 2.24) is 5.32 Å². The van der Waals surface area contributed by atoms with Crippen molar-refractivity contribution in [1.29, 1.82) is 0 Å². The van der Waals surface area contributed by atoms with Crippen molar-refractivity contribution in [2.24, 2.45) is 10.7 Å². The van der Waals surface area contributed by atoms with Crippen LogP contribution in [0.25, 0.3) is 0 Å². The third kappa shape index (κ3) is 1.69. The largest absolute Gasteiger partial charge is 0.370 e. The predicted octanol–water partition coefficient (Wildman–Crippen LogP) is -0.0103. The number of nitrogens with one attached hydrogen (secondary N) is 1. The van der Waals surface area contributed by atoms with E-state index in [-0.39, 0.29) is 17.4 Å². The highest BCUT2D eigenvalue weighted by Gasteiger charge is 2.29. The molecule has 4 nitrogen and oxygen atoms in total. The van der Waals surface area contributed by atoms with E-state index in [2.05, 4.69) is 10.3 Å². The molecular formula is C7H13N3O. The van der Waals surface area contributed by atoms with Gasteiger partial charge in [0.2, 0.25) is 5.91 Å². The van der Waals surface area contributed by atoms with Crippen LogP contribution in [0.5, 0.6) is 0 Å². The summed E-state index contributed by atoms with van der Waals surface area (Å²) in [6.07, 6.45) is 1.27. The SMILES string of the molecule is CCC1(C)CC(=O)NC(N)=N1. The van der Waals surface area contributed by atoms with Gasteiger partial charge in [-0.2, -0.15) is 0 Å². The number of aliphatic imine (C=N–C) groups is 1. The number of nitrogens with zero attached hydrogens (tertiary/aromatic N) is 1. The summed E-state index contributed by atoms with van der Waals surface area (Å²) in [5.41, 5.74) is 5.11. The second-order valence-corrected chi connectivity index (χ2v) is 3.07. The number of rotatable bonds is 1. The van der Waals surface area contributed by atoms with Crippen molar-refractivity contribution in [3.05, 3.63) is 0 Å². The third-order valence-corrected chi connectivity index (χ3v) is 1.96. The maximum Gasteiger partial charge on any atom is 0.229 e. The summed E-state index contributed by atoms with van der Waals surface area (Å²) in [5.74, 6) is 0.201. The Morgan fingerprint density at radius 2 is 2.45 bits per heavy atom. The van der Waals surface area contributed by atoms with Gasteiger partial charge in [0, 0.05) is 0 Å². The summed E-state index contributed by atoms with van der Waals surface area (Å²) < 4.78 is 0. The molecule has 0 aromatic heterocycles. The van der Waals surface area contributed by atoms with Gasteiger partial charge in [-0.25, -0.2) is 4.99 Å². The summed E-state index contributed by atoms with van der Waals surface area (Å²) in [6, 6.07) is 0. The molecule has 0 aromatic carbocycles. The second kappa shape index (κ2) is 2.53. The maximum absolute atomic E-state index is 11.0. The first-order chi connectivity index (χ1) is 5.06. The van der Waals surface area contributed by atoms with Gasteiger partial charge in [0.1, 0.15) is 0 Å². The number of guanidine groups is 1. The fraction of sp³-hybridized carbons (Fsp3) is 0.714. The standard InChI is InChI=1S/C7H13N3O/c1-3-7(2)4-5(11)9-6(8)10-7/h3-4H2,1-2H3,(H3,8,9,10,11). The van der Waals surface area contributed by atoms with Crippen LogP contribution in [0.15, 0.2) is 4.99 Å². The minimum atomic E-state index is -0.285. The van der Waals surface area contributed by atoms with Crippen LogP contribution in [-0.4, -0.2) is 17.4 Å². The van der Waals surface area contributed by atoms with E-state index in [1.807, 2.05) is 13.8 Å². The van der Waals surface area contributed by atoms with Gasteiger partial charge in [0.15, 0.2) is 5.96 Å². The highest BCUT2D eigenvalue weighted by molar-refractivity contribution is 5.98. The van der Waals surface area contributed by atoms with Crippen molar-refractivity contribution >= 4 is 11.9 Å². The summed E-state index contributed by atoms with van der Waals surface area (Å²) in [6.45, 7) is 3.92. The van der Waals surface area contributed by atoms with E-state index >= 15 is 0 Å². The lowest BCUT2D eigenvalue weighted by Crippen LogP contribution is -2.47. The number of hydrogen-bond donors (Lipinski definition) is 2. The molecule has 1 amide bonds. The molecule has 3 N–H and O–H groups in total. The molecule has 1 aliphatic heterocycles. The minimum absolute atomic E-state index is 0.0400. The first-order valence-corrected chi connectivity index (χ1v) is 3.71. The van der Waals surface area contributed by atoms with Crippen molar-refractivity contribution in [2.45, 2.75) is 32.2 Å². The monoisotopic (exact) mass is 155 g/mol. The van der Waals surface area contributed by atoms with Gasteiger partial charge in [-0.15, -0.1) is 0 Å². The average molecular weight is 155 g/mol. The molecule has 0 aliphatic carbocycles. The van der Waals surface area contributed by atoms with Crippen molar-refractivity contribution in [2.75, 3.05) is 0 Å². The number of carbonyl (C=O) groups is 1. The van der Waals surface area contributed by atoms with Gasteiger partial charge >= 0.3 is 0 Å². The van der Waals surface area contributed by atoms with Gasteiger partial charge in [-0.1, -0.05) is 6.92 Å². The molecule has 11 heavy (non-hydrogen) atoms. The third-order valence-electron chi connectivity index (χ3n) is 1.96. The molecule has 62 valence electrons. The van der Waals surface area contributed by atoms with Crippen LogP contribution in [0.4, 0.5) is 0 Å². The molecule has 4 heteroatoms. The molecule has 0 radical (unpaired) electrons. The fourth-order valence-electron chi connectivity index (χ4n) is 1.10. The lowest BCUT2D eigenvalue weighted by Gasteiger charge is -2.27. The highest BCUT2D eigenvalue weighted by atomic mass is 16.1. The molecule has 1 rings (SSSR count). The van der Waals surface area contributed by atoms with Crippen LogP contribution < -0.4 is 11.1 Å². The summed E-state index contributed by atoms with van der Waals surface area (Å²) in [5, 5.41) is 2.46. The Balaban J connectivity index is 2.84. The second-order valence-electron chi connectivity index (χ2n) is 3.07. The molecule has 0 fully saturated rings. The Labute approximate surface area is 65.9 Å². The zero-order valence-electron chi connectivity index (χ0n) is 6.85. The number of hydrogen-bond acceptors (Lipinski definition) is 3. The van der Waals surface area contributed by atoms with Gasteiger partial charge in [-0.3, -0.25) is 10.1 Å². The Morgan fingerprint density at radius 1 is 1.82 bits per heavy atom. The van der Waals surface area contributed by atoms with E-state index in [0.29, 0.717) is 6.42 Å². The molecule has 1 heterocycles. The van der Waals surface area contributed by atoms with Crippen molar-refractivity contribution in [3.63, 3.8) is 0 Å². The van der Waals surface area contributed by atoms with Crippen molar-refractivity contribution in [3.8, 4) is 0 Å². The predicted molar refractivity (Wildman–Crippen MR) is 43.1 cm³/mol. The summed E-state index contributed by atoms with van der Waals surface area (Å²) in [7, 11) is 0. The zero-order chi connectivity index (χ0) is 8.48. The maximum atomic E-state index is 11.0. The van der Waals surface area contributed by atoms with Crippen LogP contribution in [0.1, 0.15) is 26.7 Å². The topological polar surface area (TPSA) is 67.5 Å². The molecule has 1 aliphatic rings. The molecule has 0 saturated carbocycles. The van der Waals surface area contributed by atoms with E-state index in [1.54, 1.807) is 0 Å². The van der Waals surface area contributed by atoms with Crippen LogP contribution in [0.2, 0.25) is 0 Å². The molecule has 0 aromatic rings. The zero-order valence-corrected chi connectivity index (χ0v) is 6.85. The van der Waals surface area contributed by atoms with Crippen molar-refractivity contribution < 1.29 is 4.79 Å². The summed E-state index contributed by atoms with van der Waals surface area (Å²) in [4.78, 5) is 15.1. The van der Waals surface area contributed by atoms with Crippen LogP contribution in [0, 0.1) is 0 Å². The molecule has 0 saturated heterocycles. The Kier molecular flexibility index (Phi) is 1.85. The lowest BCUT2D eigenvalue weighted by atomic mass is 9.94. The van der Waals surface area contributed by atoms with Crippen LogP contribution in [-0.2, 0) is 4.79 Å². The average Bonchev–Trinajstić information content (AvgIpc) is 1.84. The van der Waals surface area contributed by atoms with E-state index in [1.165, 1.54) is 0 Å². The van der Waals surface area contributed by atoms with Gasteiger partial charge in [-0.05, 0) is 13.3 Å². The minimum Gasteiger partial charge on any atom is -0.370 e. The molecular weight excluding hydrogens is 142 g/mol. The van der Waals surface area contributed by atoms with Gasteiger partial charge in [0.05, 0.1) is 12.0 Å². The normalized spacial score (nSPS) is 31.1. The first kappa shape index (κ1) is 8.04. The van der Waals surface area contributed by atoms with Crippen LogP contribution >= 0.6 is 0 Å². The smallest absolute Gasteiger partial charge is 0.229 e. The highest BCUT2D eigenvalue weighted by Crippen LogP contribution is 2.21. The van der Waals surface area contributed by atoms with E-state index in [0.717, 1.165) is 6.42 Å². The summed E-state index contributed by atoms with van der Waals surface area (Å²) >= 11 is 0. The fourth-order valence-corrected chi connectivity index (χ4v) is 1.10. The van der Waals surface area contributed by atoms with E-state index in [4.69, 9.17) is 5.73 Å². The van der Waals surface area contributed by atoms with Gasteiger partial charge < -0.3 is 5.73 Å². The van der Waals surface area contributed by atoms with E-state index < -0.39 is 0 Å². The van der Waals surface area contributed by atoms with Gasteiger partial charge in [0.25, 0.3) is 0 Å². The molecule has 0 spiro atoms. The molecule has 1 atom stereocenters. The number of carbonyl (C=O) groups excluding carboxylic acids is 1.